The van der Waals surface area contributed by atoms with Gasteiger partial charge in [0.25, 0.3) is 0 Å². The van der Waals surface area contributed by atoms with E-state index in [1.807, 2.05) is 0 Å². The van der Waals surface area contributed by atoms with Crippen LogP contribution in [-0.4, -0.2) is 48.9 Å². The van der Waals surface area contributed by atoms with Crippen LogP contribution in [0.1, 0.15) is 32.6 Å². The van der Waals surface area contributed by atoms with Gasteiger partial charge in [0.15, 0.2) is 0 Å². The minimum atomic E-state index is 0.448. The Balaban J connectivity index is 1.90. The van der Waals surface area contributed by atoms with Crippen molar-refractivity contribution in [1.82, 2.24) is 9.80 Å². The molecule has 0 amide bonds. The first-order chi connectivity index (χ1) is 7.09. The molecule has 2 fully saturated rings. The van der Waals surface area contributed by atoms with E-state index in [1.165, 1.54) is 32.4 Å². The third-order valence-electron chi connectivity index (χ3n) is 3.99. The molecule has 1 N–H and O–H groups in total. The fourth-order valence-corrected chi connectivity index (χ4v) is 2.68. The lowest BCUT2D eigenvalue weighted by Gasteiger charge is -2.40. The fourth-order valence-electron chi connectivity index (χ4n) is 2.68. The summed E-state index contributed by atoms with van der Waals surface area (Å²) in [6.07, 6.45) is 4.76. The molecule has 2 heterocycles. The number of likely N-dealkylation sites (tertiary alicyclic amines) is 2. The van der Waals surface area contributed by atoms with Crippen LogP contribution in [0.15, 0.2) is 0 Å². The van der Waals surface area contributed by atoms with Crippen molar-refractivity contribution in [3.8, 4) is 0 Å². The minimum Gasteiger partial charge on any atom is -0.360 e. The van der Waals surface area contributed by atoms with Gasteiger partial charge in [0.05, 0.1) is 5.84 Å². The Kier molecular flexibility index (Phi) is 3.01. The molecular formula is C12H23N3. The van der Waals surface area contributed by atoms with Crippen LogP contribution in [0.3, 0.4) is 0 Å². The quantitative estimate of drug-likeness (QED) is 0.751. The highest BCUT2D eigenvalue weighted by atomic mass is 15.2. The summed E-state index contributed by atoms with van der Waals surface area (Å²) in [5, 5.41) is 7.87. The molecule has 2 rings (SSSR count). The van der Waals surface area contributed by atoms with Crippen LogP contribution in [0.25, 0.3) is 0 Å². The van der Waals surface area contributed by atoms with Gasteiger partial charge in [-0.1, -0.05) is 6.92 Å². The first-order valence-electron chi connectivity index (χ1n) is 6.10. The maximum Gasteiger partial charge on any atom is 0.0958 e. The Hall–Kier alpha value is -0.570. The van der Waals surface area contributed by atoms with Gasteiger partial charge >= 0.3 is 0 Å². The van der Waals surface area contributed by atoms with Crippen LogP contribution in [0.4, 0.5) is 0 Å². The van der Waals surface area contributed by atoms with Gasteiger partial charge in [-0.05, 0) is 44.8 Å². The molecule has 0 aromatic rings. The zero-order chi connectivity index (χ0) is 10.9. The third-order valence-corrected chi connectivity index (χ3v) is 3.99. The number of rotatable bonds is 2. The predicted octanol–water partition coefficient (Wildman–Crippen LogP) is 1.79. The molecule has 15 heavy (non-hydrogen) atoms. The second-order valence-electron chi connectivity index (χ2n) is 5.59. The summed E-state index contributed by atoms with van der Waals surface area (Å²) >= 11 is 0. The van der Waals surface area contributed by atoms with Gasteiger partial charge < -0.3 is 9.80 Å². The van der Waals surface area contributed by atoms with E-state index in [0.29, 0.717) is 5.41 Å². The monoisotopic (exact) mass is 209 g/mol. The SMILES string of the molecule is CN1CCC(C)(CN2CCCC2=N)CC1. The average Bonchev–Trinajstić information content (AvgIpc) is 2.58. The summed E-state index contributed by atoms with van der Waals surface area (Å²) in [7, 11) is 2.21. The maximum absolute atomic E-state index is 7.87. The molecule has 0 bridgehead atoms. The van der Waals surface area contributed by atoms with Crippen molar-refractivity contribution in [2.24, 2.45) is 5.41 Å². The Labute approximate surface area is 92.9 Å². The van der Waals surface area contributed by atoms with Crippen LogP contribution >= 0.6 is 0 Å². The van der Waals surface area contributed by atoms with Gasteiger partial charge in [0.2, 0.25) is 0 Å². The number of hydrogen-bond donors (Lipinski definition) is 1. The number of hydrogen-bond acceptors (Lipinski definition) is 2. The topological polar surface area (TPSA) is 30.3 Å². The molecule has 0 spiro atoms. The standard InChI is InChI=1S/C12H23N3/c1-12(5-8-14(2)9-6-12)10-15-7-3-4-11(15)13/h13H,3-10H2,1-2H3. The highest BCUT2D eigenvalue weighted by Crippen LogP contribution is 2.32. The van der Waals surface area contributed by atoms with Gasteiger partial charge in [0, 0.05) is 19.5 Å². The Bertz CT molecular complexity index is 241. The van der Waals surface area contributed by atoms with Crippen molar-refractivity contribution in [3.05, 3.63) is 0 Å². The van der Waals surface area contributed by atoms with Crippen LogP contribution in [0, 0.1) is 10.8 Å². The van der Waals surface area contributed by atoms with Gasteiger partial charge in [-0.25, -0.2) is 0 Å². The normalized spacial score (nSPS) is 27.3. The molecule has 2 aliphatic heterocycles. The molecule has 0 saturated carbocycles. The van der Waals surface area contributed by atoms with Crippen LogP contribution < -0.4 is 0 Å². The fraction of sp³-hybridized carbons (Fsp3) is 0.917. The summed E-state index contributed by atoms with van der Waals surface area (Å²) in [6.45, 7) is 7.06. The molecule has 0 aromatic heterocycles. The Morgan fingerprint density at radius 1 is 1.27 bits per heavy atom. The van der Waals surface area contributed by atoms with Crippen LogP contribution in [-0.2, 0) is 0 Å². The lowest BCUT2D eigenvalue weighted by Crippen LogP contribution is -2.43. The molecule has 0 radical (unpaired) electrons. The van der Waals surface area contributed by atoms with Crippen LogP contribution in [0.2, 0.25) is 0 Å². The number of nitrogens with zero attached hydrogens (tertiary/aromatic N) is 2. The van der Waals surface area contributed by atoms with Crippen molar-refractivity contribution in [2.75, 3.05) is 33.2 Å². The lowest BCUT2D eigenvalue weighted by molar-refractivity contribution is 0.114. The van der Waals surface area contributed by atoms with E-state index in [-0.39, 0.29) is 0 Å². The van der Waals surface area contributed by atoms with E-state index in [2.05, 4.69) is 23.8 Å². The largest absolute Gasteiger partial charge is 0.360 e. The number of piperidine rings is 1. The molecular weight excluding hydrogens is 186 g/mol. The smallest absolute Gasteiger partial charge is 0.0958 e. The van der Waals surface area contributed by atoms with Gasteiger partial charge in [-0.15, -0.1) is 0 Å². The van der Waals surface area contributed by atoms with E-state index >= 15 is 0 Å². The predicted molar refractivity (Wildman–Crippen MR) is 63.4 cm³/mol. The van der Waals surface area contributed by atoms with Crippen molar-refractivity contribution in [3.63, 3.8) is 0 Å². The lowest BCUT2D eigenvalue weighted by atomic mass is 9.80. The molecule has 2 aliphatic rings. The summed E-state index contributed by atoms with van der Waals surface area (Å²) in [6, 6.07) is 0. The van der Waals surface area contributed by atoms with Gasteiger partial charge in [-0.3, -0.25) is 5.41 Å². The first kappa shape index (κ1) is 10.9. The average molecular weight is 209 g/mol. The second-order valence-corrected chi connectivity index (χ2v) is 5.59. The Morgan fingerprint density at radius 2 is 1.93 bits per heavy atom. The molecule has 3 nitrogen and oxygen atoms in total. The van der Waals surface area contributed by atoms with Gasteiger partial charge in [0.1, 0.15) is 0 Å². The summed E-state index contributed by atoms with van der Waals surface area (Å²) in [5.41, 5.74) is 0.448. The van der Waals surface area contributed by atoms with Gasteiger partial charge in [-0.2, -0.15) is 0 Å². The molecule has 2 saturated heterocycles. The first-order valence-corrected chi connectivity index (χ1v) is 6.10. The molecule has 0 atom stereocenters. The second kappa shape index (κ2) is 4.12. The van der Waals surface area contributed by atoms with E-state index in [9.17, 15) is 0 Å². The van der Waals surface area contributed by atoms with E-state index in [0.717, 1.165) is 25.3 Å². The molecule has 0 unspecified atom stereocenters. The highest BCUT2D eigenvalue weighted by molar-refractivity contribution is 5.80. The summed E-state index contributed by atoms with van der Waals surface area (Å²) in [5.74, 6) is 0.871. The van der Waals surface area contributed by atoms with Crippen LogP contribution in [0.5, 0.6) is 0 Å². The zero-order valence-electron chi connectivity index (χ0n) is 10.1. The van der Waals surface area contributed by atoms with Crippen molar-refractivity contribution >= 4 is 5.84 Å². The van der Waals surface area contributed by atoms with Crippen molar-refractivity contribution in [2.45, 2.75) is 32.6 Å². The molecule has 3 heteroatoms. The van der Waals surface area contributed by atoms with Crippen molar-refractivity contribution in [1.29, 1.82) is 5.41 Å². The van der Waals surface area contributed by atoms with E-state index < -0.39 is 0 Å². The van der Waals surface area contributed by atoms with E-state index in [4.69, 9.17) is 5.41 Å². The molecule has 0 aliphatic carbocycles. The highest BCUT2D eigenvalue weighted by Gasteiger charge is 2.32. The Morgan fingerprint density at radius 3 is 2.47 bits per heavy atom. The summed E-state index contributed by atoms with van der Waals surface area (Å²) in [4.78, 5) is 4.71. The molecule has 86 valence electrons. The number of nitrogens with one attached hydrogen (secondary N) is 1. The third kappa shape index (κ3) is 2.51. The number of amidine groups is 1. The van der Waals surface area contributed by atoms with E-state index in [1.54, 1.807) is 0 Å². The molecule has 0 aromatic carbocycles. The maximum atomic E-state index is 7.87. The minimum absolute atomic E-state index is 0.448. The summed E-state index contributed by atoms with van der Waals surface area (Å²) < 4.78 is 0. The van der Waals surface area contributed by atoms with Crippen molar-refractivity contribution < 1.29 is 0 Å². The zero-order valence-corrected chi connectivity index (χ0v) is 10.1.